The van der Waals surface area contributed by atoms with E-state index in [1.165, 1.54) is 5.39 Å². The van der Waals surface area contributed by atoms with Crippen LogP contribution in [0.4, 0.5) is 0 Å². The quantitative estimate of drug-likeness (QED) is 0.324. The molecule has 32 heavy (non-hydrogen) atoms. The molecule has 0 bridgehead atoms. The molecule has 0 unspecified atom stereocenters. The van der Waals surface area contributed by atoms with Crippen molar-refractivity contribution >= 4 is 43.9 Å². The van der Waals surface area contributed by atoms with Gasteiger partial charge in [-0.25, -0.2) is 9.97 Å². The van der Waals surface area contributed by atoms with Crippen molar-refractivity contribution < 1.29 is 4.42 Å². The number of nitrogens with one attached hydrogen (secondary N) is 1. The topological polar surface area (TPSA) is 54.7 Å². The monoisotopic (exact) mass is 411 g/mol. The number of H-pyrrole nitrogens is 1. The summed E-state index contributed by atoms with van der Waals surface area (Å²) in [6.45, 7) is 0. The van der Waals surface area contributed by atoms with Crippen molar-refractivity contribution in [1.29, 1.82) is 0 Å². The maximum atomic E-state index is 6.39. The molecule has 4 aromatic carbocycles. The summed E-state index contributed by atoms with van der Waals surface area (Å²) in [5.74, 6) is 0.693. The van der Waals surface area contributed by atoms with Crippen LogP contribution < -0.4 is 0 Å². The minimum Gasteiger partial charge on any atom is -0.452 e. The Bertz CT molecular complexity index is 1760. The van der Waals surface area contributed by atoms with Gasteiger partial charge < -0.3 is 9.40 Å². The van der Waals surface area contributed by atoms with Crippen molar-refractivity contribution in [3.8, 4) is 22.6 Å². The Balaban J connectivity index is 1.61. The van der Waals surface area contributed by atoms with E-state index in [1.807, 2.05) is 54.6 Å². The molecule has 4 nitrogen and oxygen atoms in total. The van der Waals surface area contributed by atoms with E-state index in [9.17, 15) is 0 Å². The lowest BCUT2D eigenvalue weighted by molar-refractivity contribution is 0.667. The van der Waals surface area contributed by atoms with Crippen molar-refractivity contribution in [2.24, 2.45) is 0 Å². The van der Waals surface area contributed by atoms with Gasteiger partial charge in [-0.05, 0) is 12.1 Å². The largest absolute Gasteiger partial charge is 0.452 e. The van der Waals surface area contributed by atoms with Gasteiger partial charge in [0.2, 0.25) is 0 Å². The predicted octanol–water partition coefficient (Wildman–Crippen LogP) is 7.34. The van der Waals surface area contributed by atoms with Gasteiger partial charge in [-0.1, -0.05) is 78.9 Å². The second-order valence-corrected chi connectivity index (χ2v) is 7.97. The van der Waals surface area contributed by atoms with Crippen molar-refractivity contribution in [3.63, 3.8) is 0 Å². The van der Waals surface area contributed by atoms with E-state index in [4.69, 9.17) is 14.4 Å². The van der Waals surface area contributed by atoms with E-state index in [0.717, 1.165) is 49.7 Å². The Morgan fingerprint density at radius 1 is 0.594 bits per heavy atom. The van der Waals surface area contributed by atoms with Crippen molar-refractivity contribution in [3.05, 3.63) is 97.1 Å². The van der Waals surface area contributed by atoms with E-state index in [-0.39, 0.29) is 0 Å². The molecule has 0 saturated carbocycles. The number of fused-ring (bicyclic) bond motifs is 6. The van der Waals surface area contributed by atoms with Gasteiger partial charge in [-0.2, -0.15) is 0 Å². The highest BCUT2D eigenvalue weighted by Crippen LogP contribution is 2.38. The number of hydrogen-bond acceptors (Lipinski definition) is 3. The molecule has 3 aromatic heterocycles. The molecule has 7 rings (SSSR count). The predicted molar refractivity (Wildman–Crippen MR) is 130 cm³/mol. The first-order valence-electron chi connectivity index (χ1n) is 10.6. The Labute approximate surface area is 183 Å². The first-order valence-corrected chi connectivity index (χ1v) is 10.6. The van der Waals surface area contributed by atoms with Gasteiger partial charge in [0.25, 0.3) is 0 Å². The Morgan fingerprint density at radius 3 is 2.12 bits per heavy atom. The zero-order chi connectivity index (χ0) is 21.1. The summed E-state index contributed by atoms with van der Waals surface area (Å²) in [7, 11) is 0. The molecular weight excluding hydrogens is 394 g/mol. The van der Waals surface area contributed by atoms with Crippen LogP contribution in [0, 0.1) is 0 Å². The van der Waals surface area contributed by atoms with Crippen LogP contribution >= 0.6 is 0 Å². The normalized spacial score (nSPS) is 11.8. The SMILES string of the molecule is c1ccc(-c2nc(-c3ccccc3)c3oc4cc5[nH]c6ccccc6c5cc4c3n2)cc1. The second kappa shape index (κ2) is 6.53. The molecule has 0 aliphatic carbocycles. The van der Waals surface area contributed by atoms with Crippen LogP contribution in [-0.2, 0) is 0 Å². The number of nitrogens with zero attached hydrogens (tertiary/aromatic N) is 2. The van der Waals surface area contributed by atoms with Crippen molar-refractivity contribution in [1.82, 2.24) is 15.0 Å². The highest BCUT2D eigenvalue weighted by Gasteiger charge is 2.19. The van der Waals surface area contributed by atoms with Crippen LogP contribution in [0.15, 0.2) is 101 Å². The van der Waals surface area contributed by atoms with E-state index in [0.29, 0.717) is 11.4 Å². The molecule has 4 heteroatoms. The van der Waals surface area contributed by atoms with Gasteiger partial charge in [0.1, 0.15) is 16.8 Å². The molecule has 0 amide bonds. The van der Waals surface area contributed by atoms with Gasteiger partial charge in [-0.3, -0.25) is 0 Å². The zero-order valence-corrected chi connectivity index (χ0v) is 17.0. The third-order valence-electron chi connectivity index (χ3n) is 6.02. The highest BCUT2D eigenvalue weighted by molar-refractivity contribution is 6.16. The fourth-order valence-electron chi connectivity index (χ4n) is 4.50. The number of furan rings is 1. The van der Waals surface area contributed by atoms with Crippen molar-refractivity contribution in [2.45, 2.75) is 0 Å². The lowest BCUT2D eigenvalue weighted by Crippen LogP contribution is -1.93. The summed E-state index contributed by atoms with van der Waals surface area (Å²) in [6, 6.07) is 32.9. The summed E-state index contributed by atoms with van der Waals surface area (Å²) in [6.07, 6.45) is 0. The lowest BCUT2D eigenvalue weighted by atomic mass is 10.1. The third-order valence-corrected chi connectivity index (χ3v) is 6.02. The lowest BCUT2D eigenvalue weighted by Gasteiger charge is -2.06. The van der Waals surface area contributed by atoms with Gasteiger partial charge in [-0.15, -0.1) is 0 Å². The average Bonchev–Trinajstić information content (AvgIpc) is 3.40. The molecule has 7 aromatic rings. The van der Waals surface area contributed by atoms with Gasteiger partial charge in [0.15, 0.2) is 11.4 Å². The molecule has 0 radical (unpaired) electrons. The van der Waals surface area contributed by atoms with Gasteiger partial charge in [0, 0.05) is 38.9 Å². The number of aromatic amines is 1. The van der Waals surface area contributed by atoms with Crippen molar-refractivity contribution in [2.75, 3.05) is 0 Å². The number of para-hydroxylation sites is 1. The molecule has 0 aliphatic heterocycles. The summed E-state index contributed by atoms with van der Waals surface area (Å²) in [5.41, 5.74) is 7.30. The number of aromatic nitrogens is 3. The summed E-state index contributed by atoms with van der Waals surface area (Å²) in [5, 5.41) is 3.35. The summed E-state index contributed by atoms with van der Waals surface area (Å²) < 4.78 is 6.39. The van der Waals surface area contributed by atoms with Crippen LogP contribution in [0.3, 0.4) is 0 Å². The molecule has 0 fully saturated rings. The number of benzene rings is 4. The highest BCUT2D eigenvalue weighted by atomic mass is 16.3. The fourth-order valence-corrected chi connectivity index (χ4v) is 4.50. The molecular formula is C28H17N3O. The minimum atomic E-state index is 0.693. The smallest absolute Gasteiger partial charge is 0.180 e. The molecule has 0 spiro atoms. The molecule has 0 saturated heterocycles. The first kappa shape index (κ1) is 17.3. The van der Waals surface area contributed by atoms with Crippen LogP contribution in [0.1, 0.15) is 0 Å². The Hall–Kier alpha value is -4.44. The average molecular weight is 411 g/mol. The van der Waals surface area contributed by atoms with E-state index >= 15 is 0 Å². The maximum absolute atomic E-state index is 6.39. The van der Waals surface area contributed by atoms with E-state index < -0.39 is 0 Å². The molecule has 0 aliphatic rings. The standard InChI is InChI=1S/C28H17N3O/c1-3-9-17(10-4-1)25-27-26(31-28(30-25)18-11-5-2-6-12-18)21-15-20-19-13-7-8-14-22(19)29-23(20)16-24(21)32-27/h1-16,29H. The van der Waals surface area contributed by atoms with E-state index in [2.05, 4.69) is 47.4 Å². The molecule has 0 atom stereocenters. The first-order chi connectivity index (χ1) is 15.8. The van der Waals surface area contributed by atoms with Gasteiger partial charge in [0.05, 0.1) is 5.52 Å². The maximum Gasteiger partial charge on any atom is 0.180 e. The molecule has 3 heterocycles. The van der Waals surface area contributed by atoms with E-state index in [1.54, 1.807) is 0 Å². The van der Waals surface area contributed by atoms with Gasteiger partial charge >= 0.3 is 0 Å². The summed E-state index contributed by atoms with van der Waals surface area (Å²) >= 11 is 0. The number of rotatable bonds is 2. The minimum absolute atomic E-state index is 0.693. The second-order valence-electron chi connectivity index (χ2n) is 7.97. The molecule has 1 N–H and O–H groups in total. The third kappa shape index (κ3) is 2.50. The Morgan fingerprint density at radius 2 is 1.31 bits per heavy atom. The van der Waals surface area contributed by atoms with Crippen LogP contribution in [0.5, 0.6) is 0 Å². The zero-order valence-electron chi connectivity index (χ0n) is 17.0. The Kier molecular flexibility index (Phi) is 3.52. The number of hydrogen-bond donors (Lipinski definition) is 1. The van der Waals surface area contributed by atoms with Crippen LogP contribution in [0.25, 0.3) is 66.5 Å². The molecule has 150 valence electrons. The van der Waals surface area contributed by atoms with Crippen LogP contribution in [-0.4, -0.2) is 15.0 Å². The van der Waals surface area contributed by atoms with Crippen LogP contribution in [0.2, 0.25) is 0 Å². The summed E-state index contributed by atoms with van der Waals surface area (Å²) in [4.78, 5) is 13.4. The fraction of sp³-hybridized carbons (Fsp3) is 0.